The van der Waals surface area contributed by atoms with Crippen molar-refractivity contribution >= 4 is 82.3 Å². The number of hydrogen-bond acceptors (Lipinski definition) is 33. The van der Waals surface area contributed by atoms with Gasteiger partial charge in [-0.25, -0.2) is 9.78 Å². The lowest BCUT2D eigenvalue weighted by Crippen LogP contribution is -2.68. The Hall–Kier alpha value is -8.13. The van der Waals surface area contributed by atoms with Crippen LogP contribution in [0, 0.1) is 46.8 Å². The summed E-state index contributed by atoms with van der Waals surface area (Å²) in [5, 5.41) is 160. The number of nitrogens with two attached hydrogens (primary N) is 2. The number of ketones is 5. The molecule has 44 nitrogen and oxygen atoms in total. The zero-order chi connectivity index (χ0) is 88.9. The van der Waals surface area contributed by atoms with Gasteiger partial charge in [0.15, 0.2) is 47.5 Å². The molecule has 6 amide bonds. The molecule has 0 spiro atoms. The van der Waals surface area contributed by atoms with Gasteiger partial charge in [-0.05, 0) is 72.1 Å². The third-order valence-electron chi connectivity index (χ3n) is 22.5. The van der Waals surface area contributed by atoms with E-state index in [0.29, 0.717) is 18.5 Å². The van der Waals surface area contributed by atoms with Crippen LogP contribution in [0.4, 0.5) is 0 Å². The van der Waals surface area contributed by atoms with E-state index < -0.39 is 317 Å². The molecular weight excluding hydrogens is 1580 g/mol. The van der Waals surface area contributed by atoms with Gasteiger partial charge >= 0.3 is 11.9 Å². The number of nitrogens with one attached hydrogen (secondary N) is 7. The average molecular weight is 1700 g/mol. The normalized spacial score (nSPS) is 28.9. The molecule has 28 atom stereocenters. The van der Waals surface area contributed by atoms with Crippen LogP contribution in [0.1, 0.15) is 138 Å². The fourth-order valence-electron chi connectivity index (χ4n) is 15.4. The lowest BCUT2D eigenvalue weighted by Gasteiger charge is -2.50. The van der Waals surface area contributed by atoms with Gasteiger partial charge < -0.3 is 148 Å². The molecule has 24 N–H and O–H groups in total. The quantitative estimate of drug-likeness (QED) is 0.0164. The number of ether oxygens (including phenoxy) is 6. The molecule has 0 aromatic carbocycles. The Morgan fingerprint density at radius 2 is 1.29 bits per heavy atom. The number of likely N-dealkylation sites (tertiary alicyclic amines) is 2. The maximum absolute atomic E-state index is 15.1. The minimum atomic E-state index is -3.06. The highest BCUT2D eigenvalue weighted by Gasteiger charge is 2.60. The second kappa shape index (κ2) is 45.7. The molecule has 0 radical (unpaired) electrons. The zero-order valence-corrected chi connectivity index (χ0v) is 67.7. The summed E-state index contributed by atoms with van der Waals surface area (Å²) >= 11 is 0. The van der Waals surface area contributed by atoms with Gasteiger partial charge in [0.2, 0.25) is 35.4 Å². The van der Waals surface area contributed by atoms with Gasteiger partial charge in [0, 0.05) is 93.7 Å². The molecule has 0 bridgehead atoms. The van der Waals surface area contributed by atoms with E-state index in [9.17, 15) is 124 Å². The van der Waals surface area contributed by atoms with Gasteiger partial charge in [-0.15, -0.1) is 0 Å². The summed E-state index contributed by atoms with van der Waals surface area (Å²) in [6.07, 6.45) is -29.3. The Morgan fingerprint density at radius 3 is 1.85 bits per heavy atom. The van der Waals surface area contributed by atoms with Crippen molar-refractivity contribution in [3.05, 3.63) is 18.2 Å². The molecule has 672 valence electrons. The Labute approximate surface area is 685 Å². The predicted octanol–water partition coefficient (Wildman–Crippen LogP) is -7.88. The number of nitrogens with zero attached hydrogens (tertiary/aromatic N) is 3. The summed E-state index contributed by atoms with van der Waals surface area (Å²) in [7, 11) is 0. The predicted molar refractivity (Wildman–Crippen MR) is 405 cm³/mol. The van der Waals surface area contributed by atoms with E-state index in [1.165, 1.54) is 52.0 Å². The number of rotatable bonds is 47. The van der Waals surface area contributed by atoms with Crippen LogP contribution in [-0.4, -0.2) is 355 Å². The highest BCUT2D eigenvalue weighted by atomic mass is 16.8. The minimum absolute atomic E-state index is 0.0164. The Morgan fingerprint density at radius 1 is 0.697 bits per heavy atom. The van der Waals surface area contributed by atoms with E-state index >= 15 is 4.79 Å². The Balaban J connectivity index is 1.21. The number of aliphatic hydroxyl groups excluding tert-OH is 11. The smallest absolute Gasteiger partial charge is 0.364 e. The molecule has 1 aromatic heterocycles. The lowest BCUT2D eigenvalue weighted by molar-refractivity contribution is -0.386. The number of Topliss-reactive ketones (excluding diaryl/α,β-unsaturated/α-hetero) is 5. The largest absolute Gasteiger partial charge is 0.481 e. The summed E-state index contributed by atoms with van der Waals surface area (Å²) in [5.74, 6) is -25.2. The molecule has 5 aliphatic heterocycles. The first-order valence-corrected chi connectivity index (χ1v) is 39.8. The van der Waals surface area contributed by atoms with Crippen LogP contribution in [-0.2, 0) is 97.2 Å². The number of imidazole rings is 1. The summed E-state index contributed by atoms with van der Waals surface area (Å²) in [5.41, 5.74) is 12.0. The Bertz CT molecular complexity index is 3640. The van der Waals surface area contributed by atoms with E-state index in [4.69, 9.17) is 45.3 Å². The van der Waals surface area contributed by atoms with Crippen LogP contribution >= 0.6 is 0 Å². The van der Waals surface area contributed by atoms with E-state index in [-0.39, 0.29) is 63.5 Å². The second-order valence-corrected chi connectivity index (χ2v) is 31.8. The zero-order valence-electron chi connectivity index (χ0n) is 67.7. The number of aromatic amines is 1. The van der Waals surface area contributed by atoms with E-state index in [1.807, 2.05) is 0 Å². The van der Waals surface area contributed by atoms with Gasteiger partial charge in [0.25, 0.3) is 5.79 Å². The Kier molecular flexibility index (Phi) is 38.3. The van der Waals surface area contributed by atoms with Crippen LogP contribution in [0.15, 0.2) is 12.5 Å². The minimum Gasteiger partial charge on any atom is -0.481 e. The first kappa shape index (κ1) is 99.7. The SMILES string of the molecule is CC(=O)[C@@H]1CCCN1C(=O)[C@H](CCCNC(=N)N)CC(=O)[C@@H](NC(=O)[C@H](CC(=O)O)CC(=O)[C@@H]1CCCN1C(=O)[C@H](C)NC(=O)[C@H](CO)CC(=O)[C@@H](NC(=O)[C@@H](CC(=O)CNC(=O)[C@@H](N)Cc1cnc[nH]1)C(C)C)C(C)O[C@H]1OC(CO)[C@H](O)[C@H](O[C@@H]2OC(CO)[C@H](O)[C@H](O[C@]3(C(=O)O)C[C@@H](O)[C@@H](C)C([C@H](O)[C@H](O)CO)O3)C2O)C1C)C(C)O. The molecule has 5 aliphatic rings. The molecule has 0 saturated carbocycles. The van der Waals surface area contributed by atoms with Gasteiger partial charge in [0.05, 0.1) is 106 Å². The fraction of sp³-hybridized carbons (Fsp3) is 0.773. The number of carboxylic acids is 2. The highest BCUT2D eigenvalue weighted by molar-refractivity contribution is 6.00. The molecule has 7 unspecified atom stereocenters. The van der Waals surface area contributed by atoms with Gasteiger partial charge in [-0.1, -0.05) is 27.7 Å². The lowest BCUT2D eigenvalue weighted by atomic mass is 9.84. The summed E-state index contributed by atoms with van der Waals surface area (Å²) < 4.78 is 35.8. The van der Waals surface area contributed by atoms with E-state index in [0.717, 1.165) is 11.8 Å². The van der Waals surface area contributed by atoms with Crippen LogP contribution in [0.5, 0.6) is 0 Å². The van der Waals surface area contributed by atoms with Gasteiger partial charge in [0.1, 0.15) is 67.0 Å². The number of guanidine groups is 1. The molecule has 1 aromatic rings. The molecule has 6 rings (SSSR count). The van der Waals surface area contributed by atoms with Crippen molar-refractivity contribution in [3.63, 3.8) is 0 Å². The standard InChI is InChI=1S/C75H120N12O32/c1-32(2)44(23-43(94)26-81-68(109)45(76)22-42-25-79-31-82-42)67(108)85-57(38(8)114-71-34(4)62(59(103)53(29-90)115-71)117-72-61(105)64(60(104)54(30-91)116-72)119-75(73(112)113)24-51(98)33(3)63(118-75)58(102)52(99)28-89)50(97)20-41(27-88)66(107)83-35(5)69(110)87-17-11-14-47(87)48(95)19-40(21-55(100)101)65(106)84-56(37(7)93)49(96)18-39(12-9-15-80-74(77)78)70(111)86-16-10-13-46(86)36(6)92/h25,31-35,37-41,44-47,51-54,56-64,71-72,88-91,93,98-99,102-105H,9-24,26-30,76H2,1-8H3,(H,79,82)(H,81,109)(H,83,107)(H,84,106)(H,85,108)(H,100,101)(H,112,113)(H4,77,78,80)/t33-,34?,35+,37?,38?,39-,40+,41+,44+,45+,46+,47+,51-,52-,53?,54?,56+,57+,58-,59+,60+,61?,62-,63?,64+,71+,72+,75+/m1/s1. The van der Waals surface area contributed by atoms with E-state index in [1.54, 1.807) is 13.8 Å². The van der Waals surface area contributed by atoms with E-state index in [2.05, 4.69) is 36.6 Å². The third kappa shape index (κ3) is 26.4. The van der Waals surface area contributed by atoms with Crippen molar-refractivity contribution in [1.82, 2.24) is 46.4 Å². The fourth-order valence-corrected chi connectivity index (χ4v) is 15.4. The molecular formula is C75H120N12O32. The monoisotopic (exact) mass is 1700 g/mol. The van der Waals surface area contributed by atoms with Crippen molar-refractivity contribution in [1.29, 1.82) is 5.41 Å². The number of carbonyl (C=O) groups is 13. The number of amides is 6. The van der Waals surface area contributed by atoms with Gasteiger partial charge in [-0.3, -0.25) is 62.9 Å². The first-order valence-electron chi connectivity index (χ1n) is 39.8. The van der Waals surface area contributed by atoms with Crippen molar-refractivity contribution < 1.29 is 157 Å². The highest BCUT2D eigenvalue weighted by Crippen LogP contribution is 2.41. The number of aliphatic carboxylic acids is 2. The molecule has 44 heteroatoms. The number of aromatic nitrogens is 2. The number of carboxylic acid groups (broad SMARTS) is 2. The van der Waals surface area contributed by atoms with Crippen molar-refractivity contribution in [3.8, 4) is 0 Å². The summed E-state index contributed by atoms with van der Waals surface area (Å²) in [6, 6.07) is -8.45. The topological polar surface area (TPSA) is 711 Å². The van der Waals surface area contributed by atoms with Crippen LogP contribution < -0.4 is 38.1 Å². The summed E-state index contributed by atoms with van der Waals surface area (Å²) in [4.78, 5) is 189. The maximum atomic E-state index is 15.1. The summed E-state index contributed by atoms with van der Waals surface area (Å²) in [6.45, 7) is 6.03. The molecule has 6 heterocycles. The second-order valence-electron chi connectivity index (χ2n) is 31.8. The number of hydrogen-bond donors (Lipinski definition) is 22. The van der Waals surface area contributed by atoms with Crippen molar-refractivity contribution in [2.45, 2.75) is 273 Å². The van der Waals surface area contributed by atoms with Crippen molar-refractivity contribution in [2.75, 3.05) is 52.6 Å². The molecule has 5 fully saturated rings. The maximum Gasteiger partial charge on any atom is 0.364 e. The molecule has 0 aliphatic carbocycles. The van der Waals surface area contributed by atoms with Crippen molar-refractivity contribution in [2.24, 2.45) is 52.9 Å². The first-order chi connectivity index (χ1) is 56.0. The van der Waals surface area contributed by atoms with Crippen LogP contribution in [0.25, 0.3) is 0 Å². The molecule has 5 saturated heterocycles. The number of carbonyl (C=O) groups excluding carboxylic acids is 11. The average Bonchev–Trinajstić information content (AvgIpc) is 1.58. The van der Waals surface area contributed by atoms with Crippen LogP contribution in [0.3, 0.4) is 0 Å². The third-order valence-corrected chi connectivity index (χ3v) is 22.5. The number of H-pyrrole nitrogens is 1. The number of aliphatic hydroxyl groups is 11. The van der Waals surface area contributed by atoms with Crippen LogP contribution in [0.2, 0.25) is 0 Å². The molecule has 119 heavy (non-hydrogen) atoms. The van der Waals surface area contributed by atoms with Gasteiger partial charge in [-0.2, -0.15) is 0 Å².